The standard InChI is InChI=1S/C21H22N2O4/c1-15-13-23(21(27)17-10-6-3-7-11-17)18(12-19(24)25)14-22(15)20(26)16-8-4-2-5-9-16/h2-11,15,18H,12-14H2,1H3,(H,24,25)/t15-,18-/m1/s1. The Hall–Kier alpha value is -3.15. The van der Waals surface area contributed by atoms with E-state index >= 15 is 0 Å². The van der Waals surface area contributed by atoms with Gasteiger partial charge in [0, 0.05) is 30.3 Å². The van der Waals surface area contributed by atoms with Crippen LogP contribution in [0.15, 0.2) is 60.7 Å². The van der Waals surface area contributed by atoms with Gasteiger partial charge in [-0.05, 0) is 31.2 Å². The van der Waals surface area contributed by atoms with Gasteiger partial charge in [-0.2, -0.15) is 0 Å². The first kappa shape index (κ1) is 18.6. The van der Waals surface area contributed by atoms with E-state index in [0.717, 1.165) is 0 Å². The topological polar surface area (TPSA) is 77.9 Å². The third kappa shape index (κ3) is 4.16. The van der Waals surface area contributed by atoms with E-state index in [0.29, 0.717) is 17.7 Å². The smallest absolute Gasteiger partial charge is 0.305 e. The van der Waals surface area contributed by atoms with Crippen molar-refractivity contribution in [2.24, 2.45) is 0 Å². The van der Waals surface area contributed by atoms with Crippen LogP contribution in [0.5, 0.6) is 0 Å². The van der Waals surface area contributed by atoms with Gasteiger partial charge in [0.2, 0.25) is 0 Å². The molecule has 27 heavy (non-hydrogen) atoms. The Labute approximate surface area is 158 Å². The monoisotopic (exact) mass is 366 g/mol. The summed E-state index contributed by atoms with van der Waals surface area (Å²) in [7, 11) is 0. The van der Waals surface area contributed by atoms with E-state index < -0.39 is 12.0 Å². The average Bonchev–Trinajstić information content (AvgIpc) is 2.69. The number of hydrogen-bond acceptors (Lipinski definition) is 3. The molecule has 2 aromatic carbocycles. The van der Waals surface area contributed by atoms with Crippen molar-refractivity contribution in [2.45, 2.75) is 25.4 Å². The summed E-state index contributed by atoms with van der Waals surface area (Å²) in [6.07, 6.45) is -0.205. The molecular weight excluding hydrogens is 344 g/mol. The van der Waals surface area contributed by atoms with Crippen LogP contribution in [0.1, 0.15) is 34.1 Å². The second-order valence-electron chi connectivity index (χ2n) is 6.75. The highest BCUT2D eigenvalue weighted by Crippen LogP contribution is 2.22. The van der Waals surface area contributed by atoms with Crippen molar-refractivity contribution in [2.75, 3.05) is 13.1 Å². The van der Waals surface area contributed by atoms with Crippen LogP contribution in [-0.2, 0) is 4.79 Å². The lowest BCUT2D eigenvalue weighted by Crippen LogP contribution is -2.60. The minimum atomic E-state index is -0.993. The zero-order valence-corrected chi connectivity index (χ0v) is 15.1. The molecule has 1 fully saturated rings. The third-order valence-electron chi connectivity index (χ3n) is 4.81. The minimum absolute atomic E-state index is 0.148. The van der Waals surface area contributed by atoms with E-state index in [2.05, 4.69) is 0 Å². The molecule has 3 rings (SSSR count). The lowest BCUT2D eigenvalue weighted by atomic mass is 10.0. The number of nitrogens with zero attached hydrogens (tertiary/aromatic N) is 2. The predicted octanol–water partition coefficient (Wildman–Crippen LogP) is 2.52. The largest absolute Gasteiger partial charge is 0.481 e. The van der Waals surface area contributed by atoms with Crippen LogP contribution in [-0.4, -0.2) is 57.9 Å². The fourth-order valence-corrected chi connectivity index (χ4v) is 3.44. The molecule has 1 aliphatic rings. The van der Waals surface area contributed by atoms with Crippen molar-refractivity contribution in [1.29, 1.82) is 0 Å². The molecule has 0 aromatic heterocycles. The Balaban J connectivity index is 1.84. The highest BCUT2D eigenvalue weighted by atomic mass is 16.4. The van der Waals surface area contributed by atoms with E-state index in [1.165, 1.54) is 0 Å². The van der Waals surface area contributed by atoms with Crippen LogP contribution in [0.2, 0.25) is 0 Å². The summed E-state index contributed by atoms with van der Waals surface area (Å²) in [5.74, 6) is -1.35. The normalized spacial score (nSPS) is 19.6. The zero-order chi connectivity index (χ0) is 19.4. The van der Waals surface area contributed by atoms with Gasteiger partial charge in [0.1, 0.15) is 0 Å². The Morgan fingerprint density at radius 3 is 1.81 bits per heavy atom. The van der Waals surface area contributed by atoms with Gasteiger partial charge < -0.3 is 14.9 Å². The quantitative estimate of drug-likeness (QED) is 0.902. The molecule has 1 aliphatic heterocycles. The number of carboxylic acid groups (broad SMARTS) is 1. The first-order chi connectivity index (χ1) is 13.0. The van der Waals surface area contributed by atoms with Gasteiger partial charge in [-0.15, -0.1) is 0 Å². The Morgan fingerprint density at radius 2 is 1.33 bits per heavy atom. The van der Waals surface area contributed by atoms with Crippen molar-refractivity contribution in [3.05, 3.63) is 71.8 Å². The van der Waals surface area contributed by atoms with Gasteiger partial charge in [0.15, 0.2) is 0 Å². The average molecular weight is 366 g/mol. The molecule has 0 aliphatic carbocycles. The predicted molar refractivity (Wildman–Crippen MR) is 100 cm³/mol. The minimum Gasteiger partial charge on any atom is -0.481 e. The van der Waals surface area contributed by atoms with Crippen LogP contribution >= 0.6 is 0 Å². The van der Waals surface area contributed by atoms with Gasteiger partial charge in [-0.3, -0.25) is 14.4 Å². The first-order valence-corrected chi connectivity index (χ1v) is 8.91. The summed E-state index contributed by atoms with van der Waals surface area (Å²) < 4.78 is 0. The zero-order valence-electron chi connectivity index (χ0n) is 15.1. The van der Waals surface area contributed by atoms with Gasteiger partial charge >= 0.3 is 5.97 Å². The number of amides is 2. The third-order valence-corrected chi connectivity index (χ3v) is 4.81. The van der Waals surface area contributed by atoms with Crippen molar-refractivity contribution < 1.29 is 19.5 Å². The molecule has 0 bridgehead atoms. The molecule has 0 unspecified atom stereocenters. The molecular formula is C21H22N2O4. The highest BCUT2D eigenvalue weighted by molar-refractivity contribution is 5.96. The summed E-state index contributed by atoms with van der Waals surface area (Å²) in [6, 6.07) is 16.9. The molecule has 0 spiro atoms. The number of carbonyl (C=O) groups excluding carboxylic acids is 2. The van der Waals surface area contributed by atoms with Crippen molar-refractivity contribution in [1.82, 2.24) is 9.80 Å². The van der Waals surface area contributed by atoms with Gasteiger partial charge in [0.25, 0.3) is 11.8 Å². The molecule has 6 nitrogen and oxygen atoms in total. The van der Waals surface area contributed by atoms with Gasteiger partial charge in [0.05, 0.1) is 12.5 Å². The Morgan fingerprint density at radius 1 is 0.852 bits per heavy atom. The summed E-state index contributed by atoms with van der Waals surface area (Å²) >= 11 is 0. The number of hydrogen-bond donors (Lipinski definition) is 1. The van der Waals surface area contributed by atoms with E-state index in [4.69, 9.17) is 0 Å². The first-order valence-electron chi connectivity index (χ1n) is 8.91. The molecule has 2 amide bonds. The Kier molecular flexibility index (Phi) is 5.54. The Bertz CT molecular complexity index is 823. The highest BCUT2D eigenvalue weighted by Gasteiger charge is 2.38. The number of aliphatic carboxylic acids is 1. The lowest BCUT2D eigenvalue weighted by molar-refractivity contribution is -0.138. The van der Waals surface area contributed by atoms with Crippen LogP contribution in [0, 0.1) is 0 Å². The number of piperazine rings is 1. The molecule has 1 saturated heterocycles. The summed E-state index contributed by atoms with van der Waals surface area (Å²) in [6.45, 7) is 2.37. The maximum atomic E-state index is 12.9. The molecule has 1 heterocycles. The van der Waals surface area contributed by atoms with Crippen LogP contribution in [0.3, 0.4) is 0 Å². The van der Waals surface area contributed by atoms with Gasteiger partial charge in [-0.25, -0.2) is 0 Å². The summed E-state index contributed by atoms with van der Waals surface area (Å²) in [5.41, 5.74) is 1.07. The van der Waals surface area contributed by atoms with Crippen molar-refractivity contribution >= 4 is 17.8 Å². The van der Waals surface area contributed by atoms with E-state index in [9.17, 15) is 19.5 Å². The number of benzene rings is 2. The lowest BCUT2D eigenvalue weighted by Gasteiger charge is -2.45. The second kappa shape index (κ2) is 8.03. The molecule has 140 valence electrons. The van der Waals surface area contributed by atoms with Gasteiger partial charge in [-0.1, -0.05) is 36.4 Å². The number of carboxylic acids is 1. The number of carbonyl (C=O) groups is 3. The number of rotatable bonds is 4. The fraction of sp³-hybridized carbons (Fsp3) is 0.286. The molecule has 6 heteroatoms. The van der Waals surface area contributed by atoms with Crippen molar-refractivity contribution in [3.63, 3.8) is 0 Å². The molecule has 2 aromatic rings. The maximum absolute atomic E-state index is 12.9. The van der Waals surface area contributed by atoms with E-state index in [1.54, 1.807) is 58.3 Å². The van der Waals surface area contributed by atoms with Crippen LogP contribution < -0.4 is 0 Å². The van der Waals surface area contributed by atoms with Crippen LogP contribution in [0.25, 0.3) is 0 Å². The van der Waals surface area contributed by atoms with Crippen molar-refractivity contribution in [3.8, 4) is 0 Å². The molecule has 0 radical (unpaired) electrons. The fourth-order valence-electron chi connectivity index (χ4n) is 3.44. The molecule has 2 atom stereocenters. The second-order valence-corrected chi connectivity index (χ2v) is 6.75. The molecule has 1 N–H and O–H groups in total. The summed E-state index contributed by atoms with van der Waals surface area (Å²) in [5, 5.41) is 9.30. The molecule has 0 saturated carbocycles. The van der Waals surface area contributed by atoms with E-state index in [-0.39, 0.29) is 30.8 Å². The van der Waals surface area contributed by atoms with Crippen LogP contribution in [0.4, 0.5) is 0 Å². The van der Waals surface area contributed by atoms with E-state index in [1.807, 2.05) is 19.1 Å². The maximum Gasteiger partial charge on any atom is 0.305 e. The SMILES string of the molecule is C[C@@H]1CN(C(=O)c2ccccc2)[C@H](CC(=O)O)CN1C(=O)c1ccccc1. The summed E-state index contributed by atoms with van der Waals surface area (Å²) in [4.78, 5) is 40.4.